The monoisotopic (exact) mass is 996 g/mol. The zero-order valence-electron chi connectivity index (χ0n) is 43.0. The highest BCUT2D eigenvalue weighted by Gasteiger charge is 2.55. The van der Waals surface area contributed by atoms with Gasteiger partial charge < -0.3 is 18.6 Å². The van der Waals surface area contributed by atoms with E-state index in [1.807, 2.05) is 0 Å². The number of benzene rings is 10. The summed E-state index contributed by atoms with van der Waals surface area (Å²) in [5, 5.41) is 4.68. The van der Waals surface area contributed by atoms with E-state index in [2.05, 4.69) is 216 Å². The van der Waals surface area contributed by atoms with Gasteiger partial charge in [-0.2, -0.15) is 0 Å². The molecule has 2 aromatic heterocycles. The summed E-state index contributed by atoms with van der Waals surface area (Å²) in [5.41, 5.74) is 18.1. The maximum atomic E-state index is 7.66. The number of hydrogen-bond acceptors (Lipinski definition) is 6. The van der Waals surface area contributed by atoms with Crippen LogP contribution in [0.3, 0.4) is 0 Å². The first-order valence-corrected chi connectivity index (χ1v) is 28.0. The lowest BCUT2D eigenvalue weighted by molar-refractivity contribution is 0.373. The van der Waals surface area contributed by atoms with Crippen molar-refractivity contribution in [3.05, 3.63) is 240 Å². The molecule has 10 aromatic carbocycles. The first kappa shape index (κ1) is 44.5. The Morgan fingerprint density at radius 3 is 1.21 bits per heavy atom. The highest BCUT2D eigenvalue weighted by atomic mass is 16.4. The van der Waals surface area contributed by atoms with E-state index in [0.717, 1.165) is 127 Å². The molecule has 0 aliphatic heterocycles. The minimum absolute atomic E-state index is 0.218. The number of rotatable bonds is 8. The molecule has 0 bridgehead atoms. The Kier molecular flexibility index (Phi) is 10.2. The largest absolute Gasteiger partial charge is 0.440 e. The molecule has 372 valence electrons. The third-order valence-corrected chi connectivity index (χ3v) is 17.8. The van der Waals surface area contributed by atoms with Crippen molar-refractivity contribution >= 4 is 77.9 Å². The van der Waals surface area contributed by atoms with E-state index in [9.17, 15) is 0 Å². The Bertz CT molecular complexity index is 3990. The van der Waals surface area contributed by atoms with Gasteiger partial charge in [-0.3, -0.25) is 0 Å². The minimum Gasteiger partial charge on any atom is -0.440 e. The summed E-state index contributed by atoms with van der Waals surface area (Å²) in [6.07, 6.45) is 11.4. The summed E-state index contributed by atoms with van der Waals surface area (Å²) in [7, 11) is 0. The molecular formula is C71H56N4O2. The summed E-state index contributed by atoms with van der Waals surface area (Å²) in [4.78, 5) is 16.5. The zero-order chi connectivity index (χ0) is 50.6. The zero-order valence-corrected chi connectivity index (χ0v) is 43.0. The molecule has 2 saturated carbocycles. The number of oxazole rings is 2. The number of nitrogens with zero attached hydrogens (tertiary/aromatic N) is 4. The molecule has 0 N–H and O–H groups in total. The molecule has 0 radical (unpaired) electrons. The lowest BCUT2D eigenvalue weighted by atomic mass is 9.70. The number of aromatic nitrogens is 2. The van der Waals surface area contributed by atoms with Crippen LogP contribution in [-0.4, -0.2) is 9.97 Å². The molecule has 4 aliphatic rings. The lowest BCUT2D eigenvalue weighted by Crippen LogP contribution is -2.26. The number of anilines is 6. The predicted octanol–water partition coefficient (Wildman–Crippen LogP) is 19.7. The van der Waals surface area contributed by atoms with Crippen LogP contribution >= 0.6 is 0 Å². The average Bonchev–Trinajstić information content (AvgIpc) is 3.47. The Hall–Kier alpha value is -8.74. The average molecular weight is 997 g/mol. The van der Waals surface area contributed by atoms with Gasteiger partial charge in [-0.05, 0) is 118 Å². The summed E-state index contributed by atoms with van der Waals surface area (Å²) >= 11 is 0. The number of hydrogen-bond donors (Lipinski definition) is 0. The molecule has 6 nitrogen and oxygen atoms in total. The first-order chi connectivity index (χ1) is 38.2. The SMILES string of the molecule is c1ccc(N(c2cccc3ccccc23)c2cc3c(c4oc(C5CCCCC5)nc24)-c2c(cc(N(c4ccccc4)c4cccc5ccccc45)c4nc(C5CCCCC5)oc24)C32c3ccccc3-c3ccccc32)cc1. The molecule has 0 atom stereocenters. The van der Waals surface area contributed by atoms with Gasteiger partial charge in [-0.25, -0.2) is 9.97 Å². The van der Waals surface area contributed by atoms with E-state index in [-0.39, 0.29) is 11.8 Å². The van der Waals surface area contributed by atoms with E-state index in [0.29, 0.717) is 0 Å². The molecule has 0 saturated heterocycles. The van der Waals surface area contributed by atoms with Crippen LogP contribution in [0.25, 0.3) is 66.0 Å². The van der Waals surface area contributed by atoms with E-state index in [4.69, 9.17) is 18.8 Å². The molecular weight excluding hydrogens is 941 g/mol. The lowest BCUT2D eigenvalue weighted by Gasteiger charge is -2.33. The minimum atomic E-state index is -0.818. The molecule has 77 heavy (non-hydrogen) atoms. The van der Waals surface area contributed by atoms with Crippen molar-refractivity contribution < 1.29 is 8.83 Å². The van der Waals surface area contributed by atoms with Crippen molar-refractivity contribution in [1.82, 2.24) is 9.97 Å². The standard InChI is InChI=1S/C71H56N4O2/c1-5-25-47(26-6-1)69-72-65-61(74(49-31-9-3-10-32-49)59-41-21-29-45-23-13-15-35-51(45)59)43-57-63(67(65)76-69)64-58(71(57)55-39-19-17-37-53(55)54-38-18-20-40-56(54)71)44-62(66-68(64)77-70(73-66)48-27-7-2-8-28-48)75(50-33-11-4-12-34-50)60-42-22-30-46-24-14-16-36-52(46)60/h3-4,9-24,29-44,47-48H,1-2,5-8,25-28H2. The Morgan fingerprint density at radius 2 is 0.753 bits per heavy atom. The maximum absolute atomic E-state index is 7.66. The van der Waals surface area contributed by atoms with Crippen molar-refractivity contribution in [2.75, 3.05) is 9.80 Å². The van der Waals surface area contributed by atoms with Crippen LogP contribution in [0.4, 0.5) is 34.1 Å². The van der Waals surface area contributed by atoms with E-state index in [1.54, 1.807) is 0 Å². The second-order valence-corrected chi connectivity index (χ2v) is 21.9. The normalized spacial score (nSPS) is 15.8. The highest BCUT2D eigenvalue weighted by Crippen LogP contribution is 2.67. The van der Waals surface area contributed by atoms with Crippen LogP contribution in [0.2, 0.25) is 0 Å². The van der Waals surface area contributed by atoms with Gasteiger partial charge in [0.2, 0.25) is 0 Å². The highest BCUT2D eigenvalue weighted by molar-refractivity contribution is 6.16. The van der Waals surface area contributed by atoms with Crippen LogP contribution in [-0.2, 0) is 5.41 Å². The van der Waals surface area contributed by atoms with Crippen molar-refractivity contribution in [1.29, 1.82) is 0 Å². The molecule has 6 heteroatoms. The molecule has 2 heterocycles. The van der Waals surface area contributed by atoms with Crippen LogP contribution in [0.5, 0.6) is 0 Å². The quantitative estimate of drug-likeness (QED) is 0.151. The van der Waals surface area contributed by atoms with E-state index in [1.165, 1.54) is 71.6 Å². The molecule has 2 fully saturated rings. The maximum Gasteiger partial charge on any atom is 0.198 e. The van der Waals surface area contributed by atoms with Gasteiger partial charge in [0.05, 0.1) is 28.2 Å². The van der Waals surface area contributed by atoms with Crippen LogP contribution in [0, 0.1) is 0 Å². The van der Waals surface area contributed by atoms with Crippen LogP contribution in [0.1, 0.15) is 110 Å². The first-order valence-electron chi connectivity index (χ1n) is 28.0. The third-order valence-electron chi connectivity index (χ3n) is 17.8. The van der Waals surface area contributed by atoms with E-state index < -0.39 is 5.41 Å². The van der Waals surface area contributed by atoms with Gasteiger partial charge in [-0.15, -0.1) is 0 Å². The Morgan fingerprint density at radius 1 is 0.364 bits per heavy atom. The van der Waals surface area contributed by atoms with Gasteiger partial charge in [-0.1, -0.05) is 196 Å². The summed E-state index contributed by atoms with van der Waals surface area (Å²) < 4.78 is 15.3. The Labute approximate surface area is 448 Å². The fourth-order valence-corrected chi connectivity index (χ4v) is 14.4. The van der Waals surface area contributed by atoms with Crippen molar-refractivity contribution in [2.24, 2.45) is 0 Å². The summed E-state index contributed by atoms with van der Waals surface area (Å²) in [6, 6.07) is 75.9. The van der Waals surface area contributed by atoms with Crippen molar-refractivity contribution in [3.63, 3.8) is 0 Å². The van der Waals surface area contributed by atoms with Crippen molar-refractivity contribution in [3.8, 4) is 22.3 Å². The molecule has 0 amide bonds. The van der Waals surface area contributed by atoms with Crippen LogP contribution < -0.4 is 9.80 Å². The molecule has 16 rings (SSSR count). The second-order valence-electron chi connectivity index (χ2n) is 21.9. The number of fused-ring (bicyclic) bond motifs is 16. The van der Waals surface area contributed by atoms with Gasteiger partial charge in [0.25, 0.3) is 0 Å². The predicted molar refractivity (Wildman–Crippen MR) is 314 cm³/mol. The molecule has 12 aromatic rings. The third kappa shape index (κ3) is 6.67. The smallest absolute Gasteiger partial charge is 0.198 e. The fourth-order valence-electron chi connectivity index (χ4n) is 14.4. The fraction of sp³-hybridized carbons (Fsp3) is 0.183. The topological polar surface area (TPSA) is 58.5 Å². The van der Waals surface area contributed by atoms with Gasteiger partial charge in [0, 0.05) is 45.1 Å². The summed E-state index contributed by atoms with van der Waals surface area (Å²) in [5.74, 6) is 2.09. The van der Waals surface area contributed by atoms with Crippen LogP contribution in [0.15, 0.2) is 215 Å². The second kappa shape index (κ2) is 17.7. The molecule has 0 unspecified atom stereocenters. The molecule has 1 spiro atoms. The van der Waals surface area contributed by atoms with Gasteiger partial charge >= 0.3 is 0 Å². The molecule has 4 aliphatic carbocycles. The Balaban J connectivity index is 1.09. The van der Waals surface area contributed by atoms with Gasteiger partial charge in [0.15, 0.2) is 22.9 Å². The number of para-hydroxylation sites is 2. The van der Waals surface area contributed by atoms with Crippen molar-refractivity contribution in [2.45, 2.75) is 81.5 Å². The van der Waals surface area contributed by atoms with E-state index >= 15 is 0 Å². The van der Waals surface area contributed by atoms with Gasteiger partial charge in [0.1, 0.15) is 11.0 Å². The summed E-state index contributed by atoms with van der Waals surface area (Å²) in [6.45, 7) is 0.